The number of hydrogen-bond donors (Lipinski definition) is 2. The van der Waals surface area contributed by atoms with Crippen molar-refractivity contribution in [1.82, 2.24) is 10.2 Å². The van der Waals surface area contributed by atoms with Gasteiger partial charge in [0.15, 0.2) is 11.6 Å². The van der Waals surface area contributed by atoms with Crippen LogP contribution in [0.3, 0.4) is 0 Å². The molecule has 0 bridgehead atoms. The zero-order valence-electron chi connectivity index (χ0n) is 8.70. The minimum Gasteiger partial charge on any atom is -0.505 e. The maximum Gasteiger partial charge on any atom is 0.165 e. The van der Waals surface area contributed by atoms with Crippen molar-refractivity contribution < 1.29 is 9.50 Å². The summed E-state index contributed by atoms with van der Waals surface area (Å²) in [5, 5.41) is 12.2. The van der Waals surface area contributed by atoms with Crippen molar-refractivity contribution in [1.29, 1.82) is 0 Å². The molecule has 1 aliphatic heterocycles. The van der Waals surface area contributed by atoms with Gasteiger partial charge in [0.25, 0.3) is 0 Å². The van der Waals surface area contributed by atoms with E-state index in [0.717, 1.165) is 18.7 Å². The molecule has 1 fully saturated rings. The first-order valence-electron chi connectivity index (χ1n) is 5.05. The van der Waals surface area contributed by atoms with E-state index in [1.54, 1.807) is 6.07 Å². The molecule has 1 saturated heterocycles. The topological polar surface area (TPSA) is 35.5 Å². The van der Waals surface area contributed by atoms with E-state index in [1.165, 1.54) is 12.1 Å². The number of aromatic hydroxyl groups is 1. The summed E-state index contributed by atoms with van der Waals surface area (Å²) in [6.07, 6.45) is 0. The summed E-state index contributed by atoms with van der Waals surface area (Å²) in [6, 6.07) is 5.08. The molecular formula is C11H15FN2O. The lowest BCUT2D eigenvalue weighted by Crippen LogP contribution is -2.55. The predicted molar refractivity (Wildman–Crippen MR) is 56.2 cm³/mol. The zero-order valence-corrected chi connectivity index (χ0v) is 8.70. The lowest BCUT2D eigenvalue weighted by atomic mass is 10.1. The molecule has 0 radical (unpaired) electrons. The van der Waals surface area contributed by atoms with Crippen LogP contribution >= 0.6 is 0 Å². The Kier molecular flexibility index (Phi) is 2.88. The first-order valence-corrected chi connectivity index (χ1v) is 5.05. The fourth-order valence-corrected chi connectivity index (χ4v) is 1.65. The minimum atomic E-state index is -0.548. The van der Waals surface area contributed by atoms with Gasteiger partial charge < -0.3 is 10.4 Å². The van der Waals surface area contributed by atoms with E-state index in [-0.39, 0.29) is 5.75 Å². The normalized spacial score (nSPS) is 16.7. The number of nitrogens with zero attached hydrogens (tertiary/aromatic N) is 1. The summed E-state index contributed by atoms with van der Waals surface area (Å²) in [4.78, 5) is 2.18. The van der Waals surface area contributed by atoms with Crippen LogP contribution in [0.1, 0.15) is 5.56 Å². The fraction of sp³-hybridized carbons (Fsp3) is 0.455. The molecule has 1 heterocycles. The molecule has 0 aromatic heterocycles. The van der Waals surface area contributed by atoms with E-state index in [4.69, 9.17) is 5.11 Å². The third kappa shape index (κ3) is 2.27. The molecule has 1 aromatic carbocycles. The van der Waals surface area contributed by atoms with E-state index in [2.05, 4.69) is 10.2 Å². The number of likely N-dealkylation sites (N-methyl/N-ethyl adjacent to an activating group) is 1. The quantitative estimate of drug-likeness (QED) is 0.779. The summed E-state index contributed by atoms with van der Waals surface area (Å²) in [5.41, 5.74) is 0.889. The third-order valence-corrected chi connectivity index (χ3v) is 2.83. The van der Waals surface area contributed by atoms with Gasteiger partial charge in [-0.1, -0.05) is 6.07 Å². The summed E-state index contributed by atoms with van der Waals surface area (Å²) in [7, 11) is 2.02. The molecule has 15 heavy (non-hydrogen) atoms. The Labute approximate surface area is 88.5 Å². The molecule has 0 unspecified atom stereocenters. The number of benzene rings is 1. The number of rotatable bonds is 3. The van der Waals surface area contributed by atoms with Crippen molar-refractivity contribution in [3.8, 4) is 5.75 Å². The second-order valence-corrected chi connectivity index (χ2v) is 4.01. The highest BCUT2D eigenvalue weighted by Crippen LogP contribution is 2.17. The Balaban J connectivity index is 2.00. The Hall–Kier alpha value is -1.13. The number of nitrogens with one attached hydrogen (secondary N) is 1. The van der Waals surface area contributed by atoms with Gasteiger partial charge in [-0.15, -0.1) is 0 Å². The average molecular weight is 210 g/mol. The molecule has 4 heteroatoms. The van der Waals surface area contributed by atoms with Gasteiger partial charge in [0, 0.05) is 25.7 Å². The van der Waals surface area contributed by atoms with Crippen molar-refractivity contribution in [2.45, 2.75) is 12.6 Å². The lowest BCUT2D eigenvalue weighted by Gasteiger charge is -2.35. The molecular weight excluding hydrogens is 195 g/mol. The van der Waals surface area contributed by atoms with Gasteiger partial charge in [-0.25, -0.2) is 4.39 Å². The van der Waals surface area contributed by atoms with Crippen LogP contribution in [0.2, 0.25) is 0 Å². The summed E-state index contributed by atoms with van der Waals surface area (Å²) in [6.45, 7) is 2.71. The molecule has 2 N–H and O–H groups in total. The van der Waals surface area contributed by atoms with Crippen LogP contribution in [0.15, 0.2) is 18.2 Å². The highest BCUT2D eigenvalue weighted by molar-refractivity contribution is 5.28. The van der Waals surface area contributed by atoms with Crippen LogP contribution in [0.25, 0.3) is 0 Å². The van der Waals surface area contributed by atoms with E-state index in [1.807, 2.05) is 7.05 Å². The predicted octanol–water partition coefficient (Wildman–Crippen LogP) is 0.935. The first kappa shape index (κ1) is 10.4. The Bertz CT molecular complexity index is 352. The van der Waals surface area contributed by atoms with E-state index < -0.39 is 5.82 Å². The average Bonchev–Trinajstić information content (AvgIpc) is 2.08. The third-order valence-electron chi connectivity index (χ3n) is 2.83. The van der Waals surface area contributed by atoms with Crippen molar-refractivity contribution in [2.75, 3.05) is 20.1 Å². The smallest absolute Gasteiger partial charge is 0.165 e. The van der Waals surface area contributed by atoms with Gasteiger partial charge in [0.2, 0.25) is 0 Å². The maximum atomic E-state index is 13.0. The largest absolute Gasteiger partial charge is 0.505 e. The van der Waals surface area contributed by atoms with Gasteiger partial charge >= 0.3 is 0 Å². The van der Waals surface area contributed by atoms with Crippen LogP contribution in [-0.2, 0) is 6.54 Å². The first-order chi connectivity index (χ1) is 7.16. The molecule has 3 nitrogen and oxygen atoms in total. The van der Waals surface area contributed by atoms with Crippen LogP contribution in [0.4, 0.5) is 4.39 Å². The lowest BCUT2D eigenvalue weighted by molar-refractivity contribution is 0.173. The van der Waals surface area contributed by atoms with Gasteiger partial charge in [-0.2, -0.15) is 0 Å². The molecule has 82 valence electrons. The standard InChI is InChI=1S/C11H15FN2O/c1-14(9-5-13-6-9)7-8-2-3-11(15)10(12)4-8/h2-4,9,13,15H,5-7H2,1H3. The van der Waals surface area contributed by atoms with Crippen LogP contribution in [-0.4, -0.2) is 36.2 Å². The number of halogens is 1. The molecule has 1 aromatic rings. The summed E-state index contributed by atoms with van der Waals surface area (Å²) < 4.78 is 13.0. The van der Waals surface area contributed by atoms with Crippen molar-refractivity contribution in [2.24, 2.45) is 0 Å². The van der Waals surface area contributed by atoms with Gasteiger partial charge in [0.05, 0.1) is 0 Å². The Morgan fingerprint density at radius 1 is 1.53 bits per heavy atom. The second kappa shape index (κ2) is 4.16. The fourth-order valence-electron chi connectivity index (χ4n) is 1.65. The Morgan fingerprint density at radius 3 is 2.80 bits per heavy atom. The molecule has 0 atom stereocenters. The summed E-state index contributed by atoms with van der Waals surface area (Å²) >= 11 is 0. The van der Waals surface area contributed by atoms with Gasteiger partial charge in [0.1, 0.15) is 0 Å². The number of hydrogen-bond acceptors (Lipinski definition) is 3. The number of phenolic OH excluding ortho intramolecular Hbond substituents is 1. The molecule has 0 aliphatic carbocycles. The highest BCUT2D eigenvalue weighted by Gasteiger charge is 2.21. The number of phenols is 1. The highest BCUT2D eigenvalue weighted by atomic mass is 19.1. The van der Waals surface area contributed by atoms with E-state index in [9.17, 15) is 4.39 Å². The maximum absolute atomic E-state index is 13.0. The van der Waals surface area contributed by atoms with Gasteiger partial charge in [-0.3, -0.25) is 4.90 Å². The molecule has 2 rings (SSSR count). The molecule has 0 amide bonds. The molecule has 0 saturated carbocycles. The van der Waals surface area contributed by atoms with Gasteiger partial charge in [-0.05, 0) is 24.7 Å². The SMILES string of the molecule is CN(Cc1ccc(O)c(F)c1)C1CNC1. The zero-order chi connectivity index (χ0) is 10.8. The Morgan fingerprint density at radius 2 is 2.27 bits per heavy atom. The van der Waals surface area contributed by atoms with E-state index >= 15 is 0 Å². The van der Waals surface area contributed by atoms with Crippen LogP contribution < -0.4 is 5.32 Å². The van der Waals surface area contributed by atoms with Crippen molar-refractivity contribution in [3.63, 3.8) is 0 Å². The minimum absolute atomic E-state index is 0.285. The van der Waals surface area contributed by atoms with E-state index in [0.29, 0.717) is 12.6 Å². The molecule has 1 aliphatic rings. The van der Waals surface area contributed by atoms with Crippen molar-refractivity contribution in [3.05, 3.63) is 29.6 Å². The monoisotopic (exact) mass is 210 g/mol. The van der Waals surface area contributed by atoms with Crippen LogP contribution in [0, 0.1) is 5.82 Å². The van der Waals surface area contributed by atoms with Crippen LogP contribution in [0.5, 0.6) is 5.75 Å². The summed E-state index contributed by atoms with van der Waals surface area (Å²) in [5.74, 6) is -0.834. The molecule has 0 spiro atoms. The van der Waals surface area contributed by atoms with Crippen molar-refractivity contribution >= 4 is 0 Å². The second-order valence-electron chi connectivity index (χ2n) is 4.01.